The van der Waals surface area contributed by atoms with E-state index in [1.165, 1.54) is 6.07 Å². The van der Waals surface area contributed by atoms with Crippen LogP contribution < -0.4 is 10.1 Å². The minimum absolute atomic E-state index is 0.0961. The summed E-state index contributed by atoms with van der Waals surface area (Å²) in [5.41, 5.74) is 0.871. The summed E-state index contributed by atoms with van der Waals surface area (Å²) in [5.74, 6) is 0.666. The Bertz CT molecular complexity index is 441. The molecule has 1 aromatic carbocycles. The number of hydrogen-bond donors (Lipinski definition) is 1. The standard InChI is InChI=1S/C17H26FNO/c1-4-9-17(10-5-2)12-15(19-6-3)14-11-13(18)7-8-16(14)20-17/h7-8,11,15,19H,4-6,9-10,12H2,1-3H3. The number of benzene rings is 1. The average Bonchev–Trinajstić information content (AvgIpc) is 2.41. The summed E-state index contributed by atoms with van der Waals surface area (Å²) in [5, 5.41) is 3.49. The molecule has 1 unspecified atom stereocenters. The Morgan fingerprint density at radius 1 is 1.25 bits per heavy atom. The first-order valence-electron chi connectivity index (χ1n) is 7.86. The molecule has 0 bridgehead atoms. The van der Waals surface area contributed by atoms with Crippen molar-refractivity contribution in [2.75, 3.05) is 6.54 Å². The van der Waals surface area contributed by atoms with Gasteiger partial charge in [-0.3, -0.25) is 0 Å². The first-order chi connectivity index (χ1) is 9.64. The van der Waals surface area contributed by atoms with E-state index in [4.69, 9.17) is 4.74 Å². The lowest BCUT2D eigenvalue weighted by Gasteiger charge is -2.42. The van der Waals surface area contributed by atoms with Crippen molar-refractivity contribution in [2.45, 2.75) is 64.5 Å². The van der Waals surface area contributed by atoms with Crippen molar-refractivity contribution in [3.05, 3.63) is 29.6 Å². The molecule has 3 heteroatoms. The predicted molar refractivity (Wildman–Crippen MR) is 80.6 cm³/mol. The number of fused-ring (bicyclic) bond motifs is 1. The molecule has 1 heterocycles. The molecular weight excluding hydrogens is 253 g/mol. The van der Waals surface area contributed by atoms with Gasteiger partial charge in [0.2, 0.25) is 0 Å². The van der Waals surface area contributed by atoms with E-state index in [-0.39, 0.29) is 17.5 Å². The third-order valence-corrected chi connectivity index (χ3v) is 4.11. The molecule has 1 atom stereocenters. The van der Waals surface area contributed by atoms with Gasteiger partial charge in [-0.25, -0.2) is 4.39 Å². The summed E-state index contributed by atoms with van der Waals surface area (Å²) < 4.78 is 19.8. The summed E-state index contributed by atoms with van der Waals surface area (Å²) in [4.78, 5) is 0. The zero-order chi connectivity index (χ0) is 14.6. The second-order valence-electron chi connectivity index (χ2n) is 5.78. The molecule has 2 rings (SSSR count). The van der Waals surface area contributed by atoms with Crippen LogP contribution in [-0.2, 0) is 0 Å². The van der Waals surface area contributed by atoms with Gasteiger partial charge in [-0.05, 0) is 37.6 Å². The Morgan fingerprint density at radius 2 is 1.95 bits per heavy atom. The van der Waals surface area contributed by atoms with Gasteiger partial charge in [0.1, 0.15) is 17.2 Å². The summed E-state index contributed by atoms with van der Waals surface area (Å²) in [6, 6.07) is 5.09. The van der Waals surface area contributed by atoms with Crippen molar-refractivity contribution in [3.8, 4) is 5.75 Å². The van der Waals surface area contributed by atoms with Crippen LogP contribution in [0, 0.1) is 5.82 Å². The van der Waals surface area contributed by atoms with E-state index in [9.17, 15) is 4.39 Å². The van der Waals surface area contributed by atoms with Gasteiger partial charge in [0, 0.05) is 18.0 Å². The van der Waals surface area contributed by atoms with Crippen LogP contribution in [0.4, 0.5) is 4.39 Å². The third-order valence-electron chi connectivity index (χ3n) is 4.11. The highest BCUT2D eigenvalue weighted by molar-refractivity contribution is 5.39. The van der Waals surface area contributed by atoms with Gasteiger partial charge in [-0.15, -0.1) is 0 Å². The Balaban J connectivity index is 2.36. The number of nitrogens with one attached hydrogen (secondary N) is 1. The lowest BCUT2D eigenvalue weighted by Crippen LogP contribution is -2.44. The quantitative estimate of drug-likeness (QED) is 0.822. The second-order valence-corrected chi connectivity index (χ2v) is 5.78. The van der Waals surface area contributed by atoms with E-state index >= 15 is 0 Å². The molecule has 0 aliphatic carbocycles. The lowest BCUT2D eigenvalue weighted by atomic mass is 9.81. The van der Waals surface area contributed by atoms with Crippen LogP contribution in [0.5, 0.6) is 5.75 Å². The summed E-state index contributed by atoms with van der Waals surface area (Å²) in [7, 11) is 0. The molecule has 1 N–H and O–H groups in total. The fourth-order valence-electron chi connectivity index (χ4n) is 3.41. The van der Waals surface area contributed by atoms with Gasteiger partial charge in [-0.1, -0.05) is 33.6 Å². The maximum absolute atomic E-state index is 13.5. The zero-order valence-electron chi connectivity index (χ0n) is 12.8. The minimum atomic E-state index is -0.186. The first kappa shape index (κ1) is 15.3. The number of halogens is 1. The first-order valence-corrected chi connectivity index (χ1v) is 7.86. The Hall–Kier alpha value is -1.09. The van der Waals surface area contributed by atoms with Crippen LogP contribution in [0.2, 0.25) is 0 Å². The highest BCUT2D eigenvalue weighted by Crippen LogP contribution is 2.44. The summed E-state index contributed by atoms with van der Waals surface area (Å²) in [6.45, 7) is 7.37. The van der Waals surface area contributed by atoms with Gasteiger partial charge in [0.15, 0.2) is 0 Å². The zero-order valence-corrected chi connectivity index (χ0v) is 12.8. The number of rotatable bonds is 6. The normalized spacial score (nSPS) is 20.3. The van der Waals surface area contributed by atoms with Crippen LogP contribution in [-0.4, -0.2) is 12.1 Å². The van der Waals surface area contributed by atoms with Gasteiger partial charge in [-0.2, -0.15) is 0 Å². The minimum Gasteiger partial charge on any atom is -0.487 e. The molecule has 0 radical (unpaired) electrons. The fraction of sp³-hybridized carbons (Fsp3) is 0.647. The molecule has 0 saturated carbocycles. The maximum atomic E-state index is 13.5. The molecule has 1 aromatic rings. The van der Waals surface area contributed by atoms with E-state index in [0.29, 0.717) is 0 Å². The fourth-order valence-corrected chi connectivity index (χ4v) is 3.41. The van der Waals surface area contributed by atoms with E-state index in [2.05, 4.69) is 26.1 Å². The van der Waals surface area contributed by atoms with E-state index in [0.717, 1.165) is 50.0 Å². The highest BCUT2D eigenvalue weighted by atomic mass is 19.1. The Morgan fingerprint density at radius 3 is 2.55 bits per heavy atom. The number of hydrogen-bond acceptors (Lipinski definition) is 2. The SMILES string of the molecule is CCCC1(CCC)CC(NCC)c2cc(F)ccc2O1. The van der Waals surface area contributed by atoms with Crippen molar-refractivity contribution < 1.29 is 9.13 Å². The largest absolute Gasteiger partial charge is 0.487 e. The van der Waals surface area contributed by atoms with Gasteiger partial charge in [0.05, 0.1) is 0 Å². The molecule has 0 amide bonds. The van der Waals surface area contributed by atoms with Crippen molar-refractivity contribution in [2.24, 2.45) is 0 Å². The molecule has 0 spiro atoms. The van der Waals surface area contributed by atoms with Crippen LogP contribution >= 0.6 is 0 Å². The van der Waals surface area contributed by atoms with Crippen molar-refractivity contribution in [3.63, 3.8) is 0 Å². The van der Waals surface area contributed by atoms with Crippen LogP contribution in [0.15, 0.2) is 18.2 Å². The molecule has 112 valence electrons. The molecule has 20 heavy (non-hydrogen) atoms. The average molecular weight is 279 g/mol. The summed E-state index contributed by atoms with van der Waals surface area (Å²) >= 11 is 0. The van der Waals surface area contributed by atoms with Crippen LogP contribution in [0.1, 0.15) is 64.5 Å². The van der Waals surface area contributed by atoms with Crippen molar-refractivity contribution in [1.82, 2.24) is 5.32 Å². The van der Waals surface area contributed by atoms with Crippen molar-refractivity contribution in [1.29, 1.82) is 0 Å². The summed E-state index contributed by atoms with van der Waals surface area (Å²) in [6.07, 6.45) is 5.25. The van der Waals surface area contributed by atoms with E-state index in [1.54, 1.807) is 12.1 Å². The van der Waals surface area contributed by atoms with E-state index < -0.39 is 0 Å². The molecule has 0 saturated heterocycles. The maximum Gasteiger partial charge on any atom is 0.125 e. The Labute approximate surface area is 121 Å². The highest BCUT2D eigenvalue weighted by Gasteiger charge is 2.39. The third kappa shape index (κ3) is 3.14. The van der Waals surface area contributed by atoms with Crippen molar-refractivity contribution >= 4 is 0 Å². The molecule has 0 aromatic heterocycles. The van der Waals surface area contributed by atoms with Gasteiger partial charge < -0.3 is 10.1 Å². The van der Waals surface area contributed by atoms with Gasteiger partial charge in [0.25, 0.3) is 0 Å². The molecular formula is C17H26FNO. The Kier molecular flexibility index (Phi) is 5.03. The molecule has 2 nitrogen and oxygen atoms in total. The van der Waals surface area contributed by atoms with Crippen LogP contribution in [0.3, 0.4) is 0 Å². The van der Waals surface area contributed by atoms with Crippen LogP contribution in [0.25, 0.3) is 0 Å². The molecule has 1 aliphatic rings. The molecule has 0 fully saturated rings. The lowest BCUT2D eigenvalue weighted by molar-refractivity contribution is 0.0129. The van der Waals surface area contributed by atoms with E-state index in [1.807, 2.05) is 0 Å². The number of ether oxygens (including phenoxy) is 1. The monoisotopic (exact) mass is 279 g/mol. The second kappa shape index (κ2) is 6.57. The predicted octanol–water partition coefficient (Wildman–Crippen LogP) is 4.60. The topological polar surface area (TPSA) is 21.3 Å². The smallest absolute Gasteiger partial charge is 0.125 e. The molecule has 1 aliphatic heterocycles. The van der Waals surface area contributed by atoms with Gasteiger partial charge >= 0.3 is 0 Å².